The van der Waals surface area contributed by atoms with E-state index in [0.29, 0.717) is 0 Å². The van der Waals surface area contributed by atoms with Crippen molar-refractivity contribution < 1.29 is 13.5 Å². The van der Waals surface area contributed by atoms with Crippen LogP contribution in [0.15, 0.2) is 47.2 Å². The van der Waals surface area contributed by atoms with Crippen LogP contribution < -0.4 is 4.74 Å². The van der Waals surface area contributed by atoms with Gasteiger partial charge in [-0.2, -0.15) is 8.78 Å². The van der Waals surface area contributed by atoms with E-state index in [9.17, 15) is 8.78 Å². The molecule has 0 aliphatic carbocycles. The maximum Gasteiger partial charge on any atom is 0.387 e. The Hall–Kier alpha value is -1.95. The van der Waals surface area contributed by atoms with Crippen molar-refractivity contribution in [1.29, 1.82) is 0 Å². The zero-order chi connectivity index (χ0) is 15.0. The summed E-state index contributed by atoms with van der Waals surface area (Å²) in [4.78, 5) is 4.53. The normalized spacial score (nSPS) is 11.3. The lowest BCUT2D eigenvalue weighted by atomic mass is 10.2. The lowest BCUT2D eigenvalue weighted by molar-refractivity contribution is -0.0498. The SMILES string of the molecule is Cc1cc2nc(-c3ccc(OC(F)F)cc3)cn2cc1Br. The summed E-state index contributed by atoms with van der Waals surface area (Å²) in [6.45, 7) is -0.819. The fourth-order valence-electron chi connectivity index (χ4n) is 2.05. The Labute approximate surface area is 128 Å². The number of benzene rings is 1. The minimum Gasteiger partial charge on any atom is -0.435 e. The second kappa shape index (κ2) is 5.44. The molecule has 0 fully saturated rings. The highest BCUT2D eigenvalue weighted by Crippen LogP contribution is 2.25. The Morgan fingerprint density at radius 3 is 2.57 bits per heavy atom. The number of halogens is 3. The molecule has 0 atom stereocenters. The van der Waals surface area contributed by atoms with Gasteiger partial charge in [0, 0.05) is 22.4 Å². The molecule has 0 spiro atoms. The molecule has 0 aliphatic rings. The second-order valence-electron chi connectivity index (χ2n) is 4.60. The van der Waals surface area contributed by atoms with E-state index in [4.69, 9.17) is 0 Å². The van der Waals surface area contributed by atoms with Crippen LogP contribution in [0.1, 0.15) is 5.56 Å². The molecule has 2 heterocycles. The van der Waals surface area contributed by atoms with Crippen LogP contribution in [-0.2, 0) is 0 Å². The number of imidazole rings is 1. The van der Waals surface area contributed by atoms with E-state index in [1.165, 1.54) is 12.1 Å². The number of alkyl halides is 2. The quantitative estimate of drug-likeness (QED) is 0.684. The van der Waals surface area contributed by atoms with Gasteiger partial charge in [-0.05, 0) is 58.7 Å². The first-order valence-corrected chi connectivity index (χ1v) is 7.02. The first kappa shape index (κ1) is 14.0. The molecule has 0 saturated heterocycles. The van der Waals surface area contributed by atoms with E-state index in [1.54, 1.807) is 12.1 Å². The van der Waals surface area contributed by atoms with Gasteiger partial charge in [0.25, 0.3) is 0 Å². The number of rotatable bonds is 3. The van der Waals surface area contributed by atoms with Crippen molar-refractivity contribution in [3.8, 4) is 17.0 Å². The largest absolute Gasteiger partial charge is 0.435 e. The van der Waals surface area contributed by atoms with Gasteiger partial charge in [0.05, 0.1) is 5.69 Å². The molecule has 0 radical (unpaired) electrons. The smallest absolute Gasteiger partial charge is 0.387 e. The van der Waals surface area contributed by atoms with E-state index in [1.807, 2.05) is 29.8 Å². The predicted molar refractivity (Wildman–Crippen MR) is 79.7 cm³/mol. The zero-order valence-corrected chi connectivity index (χ0v) is 12.6. The summed E-state index contributed by atoms with van der Waals surface area (Å²) in [5, 5.41) is 0. The third-order valence-electron chi connectivity index (χ3n) is 3.11. The van der Waals surface area contributed by atoms with Crippen LogP contribution in [-0.4, -0.2) is 16.0 Å². The number of nitrogens with zero attached hydrogens (tertiary/aromatic N) is 2. The van der Waals surface area contributed by atoms with Gasteiger partial charge >= 0.3 is 6.61 Å². The van der Waals surface area contributed by atoms with E-state index in [-0.39, 0.29) is 5.75 Å². The highest BCUT2D eigenvalue weighted by Gasteiger charge is 2.08. The molecule has 6 heteroatoms. The first-order chi connectivity index (χ1) is 10.0. The van der Waals surface area contributed by atoms with Gasteiger partial charge in [-0.25, -0.2) is 4.98 Å². The van der Waals surface area contributed by atoms with Gasteiger partial charge in [-0.15, -0.1) is 0 Å². The molecule has 0 saturated carbocycles. The fourth-order valence-corrected chi connectivity index (χ4v) is 2.39. The van der Waals surface area contributed by atoms with Crippen molar-refractivity contribution in [2.75, 3.05) is 0 Å². The number of pyridine rings is 1. The number of aromatic nitrogens is 2. The van der Waals surface area contributed by atoms with E-state index in [0.717, 1.165) is 26.9 Å². The van der Waals surface area contributed by atoms with Crippen molar-refractivity contribution in [2.45, 2.75) is 13.5 Å². The summed E-state index contributed by atoms with van der Waals surface area (Å²) >= 11 is 3.48. The number of hydrogen-bond donors (Lipinski definition) is 0. The van der Waals surface area contributed by atoms with Crippen molar-refractivity contribution in [2.24, 2.45) is 0 Å². The first-order valence-electron chi connectivity index (χ1n) is 6.23. The van der Waals surface area contributed by atoms with E-state index >= 15 is 0 Å². The summed E-state index contributed by atoms with van der Waals surface area (Å²) in [6, 6.07) is 8.41. The van der Waals surface area contributed by atoms with Crippen LogP contribution >= 0.6 is 15.9 Å². The minimum absolute atomic E-state index is 0.135. The molecule has 0 bridgehead atoms. The summed E-state index contributed by atoms with van der Waals surface area (Å²) in [5.41, 5.74) is 3.55. The predicted octanol–water partition coefficient (Wildman–Crippen LogP) is 4.67. The Morgan fingerprint density at radius 1 is 1.19 bits per heavy atom. The summed E-state index contributed by atoms with van der Waals surface area (Å²) in [6.07, 6.45) is 3.83. The molecule has 108 valence electrons. The van der Waals surface area contributed by atoms with Gasteiger partial charge in [-0.3, -0.25) is 0 Å². The third kappa shape index (κ3) is 2.90. The second-order valence-corrected chi connectivity index (χ2v) is 5.45. The average molecular weight is 353 g/mol. The van der Waals surface area contributed by atoms with Crippen LogP contribution in [0.25, 0.3) is 16.9 Å². The molecule has 2 aromatic heterocycles. The number of aryl methyl sites for hydroxylation is 1. The van der Waals surface area contributed by atoms with Gasteiger partial charge in [0.2, 0.25) is 0 Å². The zero-order valence-electron chi connectivity index (χ0n) is 11.1. The molecule has 0 N–H and O–H groups in total. The molecule has 21 heavy (non-hydrogen) atoms. The van der Waals surface area contributed by atoms with Crippen LogP contribution in [0.3, 0.4) is 0 Å². The van der Waals surface area contributed by atoms with Crippen LogP contribution in [0.4, 0.5) is 8.78 Å². The fraction of sp³-hybridized carbons (Fsp3) is 0.133. The average Bonchev–Trinajstić information content (AvgIpc) is 2.82. The molecule has 1 aromatic carbocycles. The summed E-state index contributed by atoms with van der Waals surface area (Å²) < 4.78 is 31.5. The monoisotopic (exact) mass is 352 g/mol. The van der Waals surface area contributed by atoms with Gasteiger partial charge in [0.1, 0.15) is 11.4 Å². The maximum atomic E-state index is 12.1. The lowest BCUT2D eigenvalue weighted by Gasteiger charge is -2.04. The summed E-state index contributed by atoms with van der Waals surface area (Å²) in [7, 11) is 0. The topological polar surface area (TPSA) is 26.5 Å². The van der Waals surface area contributed by atoms with Gasteiger partial charge < -0.3 is 9.14 Å². The lowest BCUT2D eigenvalue weighted by Crippen LogP contribution is -2.01. The van der Waals surface area contributed by atoms with Crippen molar-refractivity contribution >= 4 is 21.6 Å². The number of hydrogen-bond acceptors (Lipinski definition) is 2. The molecule has 0 unspecified atom stereocenters. The summed E-state index contributed by atoms with van der Waals surface area (Å²) in [5.74, 6) is 0.135. The highest BCUT2D eigenvalue weighted by atomic mass is 79.9. The molecule has 3 rings (SSSR count). The Kier molecular flexibility index (Phi) is 3.63. The third-order valence-corrected chi connectivity index (χ3v) is 3.94. The van der Waals surface area contributed by atoms with Crippen LogP contribution in [0, 0.1) is 6.92 Å². The van der Waals surface area contributed by atoms with Crippen molar-refractivity contribution in [3.05, 3.63) is 52.8 Å². The maximum absolute atomic E-state index is 12.1. The molecule has 0 amide bonds. The van der Waals surface area contributed by atoms with Gasteiger partial charge in [-0.1, -0.05) is 0 Å². The number of ether oxygens (including phenoxy) is 1. The minimum atomic E-state index is -2.81. The van der Waals surface area contributed by atoms with Crippen LogP contribution in [0.2, 0.25) is 0 Å². The van der Waals surface area contributed by atoms with Crippen LogP contribution in [0.5, 0.6) is 5.75 Å². The Balaban J connectivity index is 1.96. The van der Waals surface area contributed by atoms with E-state index < -0.39 is 6.61 Å². The number of fused-ring (bicyclic) bond motifs is 1. The molecule has 3 nitrogen and oxygen atoms in total. The highest BCUT2D eigenvalue weighted by molar-refractivity contribution is 9.10. The van der Waals surface area contributed by atoms with Crippen molar-refractivity contribution in [3.63, 3.8) is 0 Å². The molecular formula is C15H11BrF2N2O. The molecular weight excluding hydrogens is 342 g/mol. The standard InChI is InChI=1S/C15H11BrF2N2O/c1-9-6-14-19-13(8-20(14)7-12(9)16)10-2-4-11(5-3-10)21-15(17)18/h2-8,15H,1H3. The molecule has 3 aromatic rings. The molecule has 0 aliphatic heterocycles. The Morgan fingerprint density at radius 2 is 1.90 bits per heavy atom. The van der Waals surface area contributed by atoms with E-state index in [2.05, 4.69) is 25.7 Å². The van der Waals surface area contributed by atoms with Gasteiger partial charge in [0.15, 0.2) is 0 Å². The Bertz CT molecular complexity index is 745. The van der Waals surface area contributed by atoms with Crippen molar-refractivity contribution in [1.82, 2.24) is 9.38 Å².